The molecule has 24 heavy (non-hydrogen) atoms. The number of sulfone groups is 1. The van der Waals surface area contributed by atoms with Crippen LogP contribution in [0.25, 0.3) is 0 Å². The third kappa shape index (κ3) is 5.20. The van der Waals surface area contributed by atoms with Gasteiger partial charge in [0.25, 0.3) is 0 Å². The summed E-state index contributed by atoms with van der Waals surface area (Å²) in [6, 6.07) is 4.09. The van der Waals surface area contributed by atoms with Gasteiger partial charge >= 0.3 is 6.18 Å². The SMILES string of the molecule is O=C1CCCN1C[C@@H](O)CS(=O)(=O)Cc1cccc(C(F)(F)F)c1. The Labute approximate surface area is 138 Å². The van der Waals surface area contributed by atoms with Crippen LogP contribution < -0.4 is 0 Å². The molecule has 1 aliphatic rings. The van der Waals surface area contributed by atoms with Crippen LogP contribution in [-0.2, 0) is 26.6 Å². The topological polar surface area (TPSA) is 74.7 Å². The molecule has 9 heteroatoms. The van der Waals surface area contributed by atoms with Gasteiger partial charge in [0.1, 0.15) is 0 Å². The number of hydrogen-bond donors (Lipinski definition) is 1. The lowest BCUT2D eigenvalue weighted by atomic mass is 10.1. The average molecular weight is 365 g/mol. The van der Waals surface area contributed by atoms with Crippen molar-refractivity contribution in [2.24, 2.45) is 0 Å². The first-order chi connectivity index (χ1) is 11.1. The van der Waals surface area contributed by atoms with E-state index in [-0.39, 0.29) is 18.0 Å². The number of aliphatic hydroxyl groups excluding tert-OH is 1. The standard InChI is InChI=1S/C15H18F3NO4S/c16-15(17,18)12-4-1-3-11(7-12)9-24(22,23)10-13(20)8-19-6-2-5-14(19)21/h1,3-4,7,13,20H,2,5-6,8-10H2/t13-/m1/s1. The van der Waals surface area contributed by atoms with Gasteiger partial charge in [-0.3, -0.25) is 4.79 Å². The summed E-state index contributed by atoms with van der Waals surface area (Å²) in [5.41, 5.74) is -0.910. The van der Waals surface area contributed by atoms with Crippen molar-refractivity contribution in [1.29, 1.82) is 0 Å². The van der Waals surface area contributed by atoms with Gasteiger partial charge in [0, 0.05) is 19.5 Å². The number of benzene rings is 1. The van der Waals surface area contributed by atoms with Gasteiger partial charge in [-0.15, -0.1) is 0 Å². The minimum atomic E-state index is -4.55. The highest BCUT2D eigenvalue weighted by Gasteiger charge is 2.31. The molecule has 2 rings (SSSR count). The highest BCUT2D eigenvalue weighted by molar-refractivity contribution is 7.90. The smallest absolute Gasteiger partial charge is 0.390 e. The lowest BCUT2D eigenvalue weighted by molar-refractivity contribution is -0.137. The summed E-state index contributed by atoms with van der Waals surface area (Å²) in [4.78, 5) is 12.9. The number of rotatable bonds is 6. The Hall–Kier alpha value is -1.61. The van der Waals surface area contributed by atoms with Crippen LogP contribution in [0, 0.1) is 0 Å². The fourth-order valence-electron chi connectivity index (χ4n) is 2.65. The number of amides is 1. The van der Waals surface area contributed by atoms with E-state index in [1.54, 1.807) is 0 Å². The molecule has 5 nitrogen and oxygen atoms in total. The first-order valence-corrected chi connectivity index (χ1v) is 9.21. The van der Waals surface area contributed by atoms with Gasteiger partial charge in [0.15, 0.2) is 9.84 Å². The zero-order valence-electron chi connectivity index (χ0n) is 12.8. The highest BCUT2D eigenvalue weighted by atomic mass is 32.2. The molecule has 1 saturated heterocycles. The van der Waals surface area contributed by atoms with E-state index in [1.165, 1.54) is 11.0 Å². The molecule has 0 unspecified atom stereocenters. The molecule has 0 bridgehead atoms. The minimum absolute atomic E-state index is 0.00859. The molecule has 0 spiro atoms. The van der Waals surface area contributed by atoms with Crippen LogP contribution in [-0.4, -0.2) is 49.3 Å². The maximum atomic E-state index is 12.6. The van der Waals surface area contributed by atoms with E-state index in [1.807, 2.05) is 0 Å². The van der Waals surface area contributed by atoms with Crippen LogP contribution in [0.1, 0.15) is 24.0 Å². The molecular weight excluding hydrogens is 347 g/mol. The Morgan fingerprint density at radius 2 is 2.00 bits per heavy atom. The molecule has 1 aromatic carbocycles. The third-order valence-electron chi connectivity index (χ3n) is 3.69. The molecule has 134 valence electrons. The molecule has 1 heterocycles. The van der Waals surface area contributed by atoms with Crippen molar-refractivity contribution in [3.05, 3.63) is 35.4 Å². The number of nitrogens with zero attached hydrogens (tertiary/aromatic N) is 1. The maximum absolute atomic E-state index is 12.6. The molecule has 1 amide bonds. The molecule has 1 fully saturated rings. The number of carbonyl (C=O) groups is 1. The predicted octanol–water partition coefficient (Wildman–Crippen LogP) is 1.60. The second kappa shape index (κ2) is 7.10. The van der Waals surface area contributed by atoms with Gasteiger partial charge in [-0.05, 0) is 18.1 Å². The lowest BCUT2D eigenvalue weighted by Crippen LogP contribution is -2.37. The van der Waals surface area contributed by atoms with Crippen molar-refractivity contribution in [1.82, 2.24) is 4.90 Å². The van der Waals surface area contributed by atoms with Gasteiger partial charge in [-0.25, -0.2) is 8.42 Å². The Kier molecular flexibility index (Phi) is 5.54. The van der Waals surface area contributed by atoms with Gasteiger partial charge in [-0.2, -0.15) is 13.2 Å². The van der Waals surface area contributed by atoms with E-state index in [0.717, 1.165) is 18.2 Å². The summed E-state index contributed by atoms with van der Waals surface area (Å²) in [5, 5.41) is 9.87. The maximum Gasteiger partial charge on any atom is 0.416 e. The highest BCUT2D eigenvalue weighted by Crippen LogP contribution is 2.29. The first-order valence-electron chi connectivity index (χ1n) is 7.39. The molecular formula is C15H18F3NO4S. The summed E-state index contributed by atoms with van der Waals surface area (Å²) in [7, 11) is -3.81. The zero-order chi connectivity index (χ0) is 18.0. The van der Waals surface area contributed by atoms with E-state index in [9.17, 15) is 31.5 Å². The third-order valence-corrected chi connectivity index (χ3v) is 5.36. The predicted molar refractivity (Wildman–Crippen MR) is 80.8 cm³/mol. The zero-order valence-corrected chi connectivity index (χ0v) is 13.6. The van der Waals surface area contributed by atoms with Crippen LogP contribution in [0.4, 0.5) is 13.2 Å². The fourth-order valence-corrected chi connectivity index (χ4v) is 4.14. The van der Waals surface area contributed by atoms with Crippen LogP contribution in [0.3, 0.4) is 0 Å². The van der Waals surface area contributed by atoms with Crippen molar-refractivity contribution < 1.29 is 31.5 Å². The van der Waals surface area contributed by atoms with E-state index in [2.05, 4.69) is 0 Å². The van der Waals surface area contributed by atoms with Crippen LogP contribution in [0.5, 0.6) is 0 Å². The van der Waals surface area contributed by atoms with Crippen molar-refractivity contribution in [2.75, 3.05) is 18.8 Å². The minimum Gasteiger partial charge on any atom is -0.390 e. The van der Waals surface area contributed by atoms with Gasteiger partial charge < -0.3 is 10.0 Å². The van der Waals surface area contributed by atoms with Crippen LogP contribution >= 0.6 is 0 Å². The first kappa shape index (κ1) is 18.7. The fraction of sp³-hybridized carbons (Fsp3) is 0.533. The normalized spacial score (nSPS) is 17.3. The van der Waals surface area contributed by atoms with Crippen molar-refractivity contribution in [3.8, 4) is 0 Å². The monoisotopic (exact) mass is 365 g/mol. The molecule has 1 aliphatic heterocycles. The molecule has 1 atom stereocenters. The Balaban J connectivity index is 1.99. The van der Waals surface area contributed by atoms with E-state index >= 15 is 0 Å². The van der Waals surface area contributed by atoms with E-state index < -0.39 is 39.2 Å². The van der Waals surface area contributed by atoms with Crippen LogP contribution in [0.15, 0.2) is 24.3 Å². The summed E-state index contributed by atoms with van der Waals surface area (Å²) in [5.74, 6) is -1.33. The molecule has 0 saturated carbocycles. The largest absolute Gasteiger partial charge is 0.416 e. The average Bonchev–Trinajstić information content (AvgIpc) is 2.82. The number of aliphatic hydroxyl groups is 1. The molecule has 0 aliphatic carbocycles. The summed E-state index contributed by atoms with van der Waals surface area (Å²) in [6.07, 6.45) is -4.76. The molecule has 1 N–H and O–H groups in total. The number of β-amino-alcohol motifs (C(OH)–C–C–N with tert-alkyl or cyclic N) is 1. The molecule has 1 aromatic rings. The number of alkyl halides is 3. The second-order valence-corrected chi connectivity index (χ2v) is 7.96. The van der Waals surface area contributed by atoms with E-state index in [4.69, 9.17) is 0 Å². The van der Waals surface area contributed by atoms with Crippen molar-refractivity contribution in [2.45, 2.75) is 30.9 Å². The van der Waals surface area contributed by atoms with Gasteiger partial charge in [0.2, 0.25) is 5.91 Å². The Morgan fingerprint density at radius 1 is 1.29 bits per heavy atom. The van der Waals surface area contributed by atoms with E-state index in [0.29, 0.717) is 19.4 Å². The van der Waals surface area contributed by atoms with Gasteiger partial charge in [-0.1, -0.05) is 18.2 Å². The van der Waals surface area contributed by atoms with Crippen LogP contribution in [0.2, 0.25) is 0 Å². The molecule has 0 radical (unpaired) electrons. The lowest BCUT2D eigenvalue weighted by Gasteiger charge is -2.19. The second-order valence-electron chi connectivity index (χ2n) is 5.85. The quantitative estimate of drug-likeness (QED) is 0.831. The Bertz CT molecular complexity index is 703. The summed E-state index contributed by atoms with van der Waals surface area (Å²) < 4.78 is 62.1. The number of hydrogen-bond acceptors (Lipinski definition) is 4. The van der Waals surface area contributed by atoms with Crippen molar-refractivity contribution in [3.63, 3.8) is 0 Å². The molecule has 0 aromatic heterocycles. The number of likely N-dealkylation sites (tertiary alicyclic amines) is 1. The summed E-state index contributed by atoms with van der Waals surface area (Å²) in [6.45, 7) is 0.393. The number of halogens is 3. The Morgan fingerprint density at radius 3 is 2.58 bits per heavy atom. The number of carbonyl (C=O) groups excluding carboxylic acids is 1. The van der Waals surface area contributed by atoms with Gasteiger partial charge in [0.05, 0.1) is 23.2 Å². The summed E-state index contributed by atoms with van der Waals surface area (Å²) >= 11 is 0. The van der Waals surface area contributed by atoms with Crippen molar-refractivity contribution >= 4 is 15.7 Å².